The van der Waals surface area contributed by atoms with Gasteiger partial charge in [0.1, 0.15) is 11.6 Å². The molecule has 1 N–H and O–H groups in total. The Morgan fingerprint density at radius 3 is 2.71 bits per heavy atom. The van der Waals surface area contributed by atoms with Crippen molar-refractivity contribution in [3.05, 3.63) is 63.9 Å². The lowest BCUT2D eigenvalue weighted by molar-refractivity contribution is 0.0939. The van der Waals surface area contributed by atoms with Crippen LogP contribution in [-0.2, 0) is 0 Å². The van der Waals surface area contributed by atoms with Crippen LogP contribution in [0.5, 0.6) is 5.75 Å². The molecule has 5 heteroatoms. The zero-order chi connectivity index (χ0) is 15.4. The number of carbonyl (C=O) groups is 1. The first kappa shape index (κ1) is 15.5. The Hall–Kier alpha value is -1.88. The number of carbonyl (C=O) groups excluding carboxylic acids is 1. The quantitative estimate of drug-likeness (QED) is 0.900. The molecule has 2 aromatic rings. The summed E-state index contributed by atoms with van der Waals surface area (Å²) < 4.78 is 19.4. The topological polar surface area (TPSA) is 38.3 Å². The highest BCUT2D eigenvalue weighted by Crippen LogP contribution is 2.26. The molecule has 0 aromatic heterocycles. The molecule has 0 aliphatic rings. The van der Waals surface area contributed by atoms with Gasteiger partial charge in [0.15, 0.2) is 0 Å². The minimum atomic E-state index is -0.373. The summed E-state index contributed by atoms with van der Waals surface area (Å²) in [5.41, 5.74) is 1.13. The van der Waals surface area contributed by atoms with Crippen molar-refractivity contribution in [1.29, 1.82) is 0 Å². The zero-order valence-electron chi connectivity index (χ0n) is 11.7. The van der Waals surface area contributed by atoms with Gasteiger partial charge in [0.25, 0.3) is 5.91 Å². The third-order valence-corrected chi connectivity index (χ3v) is 3.59. The molecule has 0 aliphatic heterocycles. The van der Waals surface area contributed by atoms with Crippen LogP contribution in [-0.4, -0.2) is 13.0 Å². The Bertz CT molecular complexity index is 660. The lowest BCUT2D eigenvalue weighted by atomic mass is 10.1. The van der Waals surface area contributed by atoms with Gasteiger partial charge in [0, 0.05) is 15.6 Å². The molecule has 0 radical (unpaired) electrons. The van der Waals surface area contributed by atoms with Crippen LogP contribution in [0.3, 0.4) is 0 Å². The molecule has 21 heavy (non-hydrogen) atoms. The molecule has 2 aromatic carbocycles. The van der Waals surface area contributed by atoms with Crippen molar-refractivity contribution in [2.45, 2.75) is 13.0 Å². The van der Waals surface area contributed by atoms with E-state index >= 15 is 0 Å². The Kier molecular flexibility index (Phi) is 4.96. The van der Waals surface area contributed by atoms with Crippen molar-refractivity contribution in [3.8, 4) is 5.75 Å². The lowest BCUT2D eigenvalue weighted by Gasteiger charge is -2.17. The van der Waals surface area contributed by atoms with Gasteiger partial charge < -0.3 is 10.1 Å². The van der Waals surface area contributed by atoms with Gasteiger partial charge in [0.2, 0.25) is 0 Å². The van der Waals surface area contributed by atoms with E-state index in [-0.39, 0.29) is 17.8 Å². The van der Waals surface area contributed by atoms with Gasteiger partial charge in [0.05, 0.1) is 13.2 Å². The van der Waals surface area contributed by atoms with Crippen LogP contribution in [0.2, 0.25) is 0 Å². The van der Waals surface area contributed by atoms with E-state index in [2.05, 4.69) is 21.2 Å². The van der Waals surface area contributed by atoms with Crippen LogP contribution in [0.25, 0.3) is 0 Å². The van der Waals surface area contributed by atoms with Crippen molar-refractivity contribution in [2.75, 3.05) is 7.11 Å². The Morgan fingerprint density at radius 1 is 1.29 bits per heavy atom. The second kappa shape index (κ2) is 6.72. The molecule has 0 spiro atoms. The fourth-order valence-electron chi connectivity index (χ4n) is 2.03. The number of halogens is 2. The molecular weight excluding hydrogens is 337 g/mol. The lowest BCUT2D eigenvalue weighted by Crippen LogP contribution is -2.27. The van der Waals surface area contributed by atoms with Crippen LogP contribution in [0.4, 0.5) is 4.39 Å². The molecule has 0 saturated carbocycles. The first-order chi connectivity index (χ1) is 10.0. The number of hydrogen-bond donors (Lipinski definition) is 1. The maximum atomic E-state index is 13.4. The van der Waals surface area contributed by atoms with Gasteiger partial charge in [-0.05, 0) is 43.3 Å². The minimum absolute atomic E-state index is 0.227. The van der Waals surface area contributed by atoms with E-state index in [1.807, 2.05) is 6.07 Å². The van der Waals surface area contributed by atoms with Gasteiger partial charge in [-0.2, -0.15) is 0 Å². The number of methoxy groups -OCH3 is 1. The summed E-state index contributed by atoms with van der Waals surface area (Å²) >= 11 is 3.32. The molecule has 0 fully saturated rings. The van der Waals surface area contributed by atoms with Gasteiger partial charge >= 0.3 is 0 Å². The highest BCUT2D eigenvalue weighted by molar-refractivity contribution is 9.10. The molecule has 3 nitrogen and oxygen atoms in total. The highest BCUT2D eigenvalue weighted by atomic mass is 79.9. The maximum absolute atomic E-state index is 13.4. The zero-order valence-corrected chi connectivity index (χ0v) is 13.3. The number of nitrogens with one attached hydrogen (secondary N) is 1. The largest absolute Gasteiger partial charge is 0.496 e. The van der Waals surface area contributed by atoms with Crippen LogP contribution in [0.1, 0.15) is 28.9 Å². The second-order valence-electron chi connectivity index (χ2n) is 4.59. The van der Waals surface area contributed by atoms with E-state index in [4.69, 9.17) is 4.74 Å². The van der Waals surface area contributed by atoms with Gasteiger partial charge in [-0.1, -0.05) is 22.0 Å². The van der Waals surface area contributed by atoms with Crippen LogP contribution in [0.15, 0.2) is 46.9 Å². The summed E-state index contributed by atoms with van der Waals surface area (Å²) in [6.07, 6.45) is 0. The standard InChI is InChI=1S/C16H15BrFNO2/c1-10(14-9-13(18)6-7-15(14)21-2)19-16(20)11-4-3-5-12(17)8-11/h3-10H,1-2H3,(H,19,20). The molecule has 2 rings (SSSR count). The number of rotatable bonds is 4. The van der Waals surface area contributed by atoms with Crippen molar-refractivity contribution in [2.24, 2.45) is 0 Å². The molecule has 0 bridgehead atoms. The average molecular weight is 352 g/mol. The Balaban J connectivity index is 2.20. The molecular formula is C16H15BrFNO2. The van der Waals surface area contributed by atoms with Crippen LogP contribution >= 0.6 is 15.9 Å². The molecule has 110 valence electrons. The fraction of sp³-hybridized carbons (Fsp3) is 0.188. The number of amides is 1. The summed E-state index contributed by atoms with van der Waals surface area (Å²) in [5, 5.41) is 2.84. The summed E-state index contributed by atoms with van der Waals surface area (Å²) in [4.78, 5) is 12.2. The minimum Gasteiger partial charge on any atom is -0.496 e. The molecule has 0 aliphatic carbocycles. The number of ether oxygens (including phenoxy) is 1. The van der Waals surface area contributed by atoms with E-state index in [9.17, 15) is 9.18 Å². The van der Waals surface area contributed by atoms with Crippen molar-refractivity contribution in [3.63, 3.8) is 0 Å². The van der Waals surface area contributed by atoms with Crippen molar-refractivity contribution in [1.82, 2.24) is 5.32 Å². The SMILES string of the molecule is COc1ccc(F)cc1C(C)NC(=O)c1cccc(Br)c1. The normalized spacial score (nSPS) is 11.8. The Labute approximate surface area is 131 Å². The van der Waals surface area contributed by atoms with E-state index in [0.717, 1.165) is 4.47 Å². The first-order valence-electron chi connectivity index (χ1n) is 6.41. The number of hydrogen-bond acceptors (Lipinski definition) is 2. The van der Waals surface area contributed by atoms with Gasteiger partial charge in [-0.15, -0.1) is 0 Å². The molecule has 0 heterocycles. The highest BCUT2D eigenvalue weighted by Gasteiger charge is 2.16. The third kappa shape index (κ3) is 3.82. The molecule has 0 saturated heterocycles. The maximum Gasteiger partial charge on any atom is 0.251 e. The predicted octanol–water partition coefficient (Wildman–Crippen LogP) is 4.09. The molecule has 1 amide bonds. The summed E-state index contributed by atoms with van der Waals surface area (Å²) in [6, 6.07) is 10.9. The first-order valence-corrected chi connectivity index (χ1v) is 7.20. The van der Waals surface area contributed by atoms with Crippen molar-refractivity contribution >= 4 is 21.8 Å². The molecule has 1 atom stereocenters. The second-order valence-corrected chi connectivity index (χ2v) is 5.51. The van der Waals surface area contributed by atoms with Crippen LogP contribution in [0, 0.1) is 5.82 Å². The van der Waals surface area contributed by atoms with E-state index in [0.29, 0.717) is 16.9 Å². The van der Waals surface area contributed by atoms with Crippen LogP contribution < -0.4 is 10.1 Å². The fourth-order valence-corrected chi connectivity index (χ4v) is 2.43. The van der Waals surface area contributed by atoms with E-state index in [1.54, 1.807) is 31.2 Å². The van der Waals surface area contributed by atoms with Gasteiger partial charge in [-0.25, -0.2) is 4.39 Å². The number of benzene rings is 2. The smallest absolute Gasteiger partial charge is 0.251 e. The summed E-state index contributed by atoms with van der Waals surface area (Å²) in [5.74, 6) is -0.0529. The third-order valence-electron chi connectivity index (χ3n) is 3.09. The predicted molar refractivity (Wildman–Crippen MR) is 83.0 cm³/mol. The molecule has 1 unspecified atom stereocenters. The van der Waals surface area contributed by atoms with Crippen molar-refractivity contribution < 1.29 is 13.9 Å². The average Bonchev–Trinajstić information content (AvgIpc) is 2.47. The van der Waals surface area contributed by atoms with Gasteiger partial charge in [-0.3, -0.25) is 4.79 Å². The summed E-state index contributed by atoms with van der Waals surface area (Å²) in [7, 11) is 1.51. The summed E-state index contributed by atoms with van der Waals surface area (Å²) in [6.45, 7) is 1.78. The van der Waals surface area contributed by atoms with E-state index < -0.39 is 0 Å². The monoisotopic (exact) mass is 351 g/mol. The van der Waals surface area contributed by atoms with E-state index in [1.165, 1.54) is 19.2 Å². The Morgan fingerprint density at radius 2 is 2.05 bits per heavy atom.